The predicted octanol–water partition coefficient (Wildman–Crippen LogP) is 3.77. The highest BCUT2D eigenvalue weighted by Crippen LogP contribution is 2.35. The first-order valence-corrected chi connectivity index (χ1v) is 11.5. The molecule has 7 heteroatoms. The van der Waals surface area contributed by atoms with Crippen LogP contribution < -0.4 is 14.4 Å². The third-order valence-corrected chi connectivity index (χ3v) is 6.86. The number of amides is 1. The maximum absolute atomic E-state index is 13.0. The van der Waals surface area contributed by atoms with Gasteiger partial charge in [0.1, 0.15) is 5.75 Å². The molecule has 4 rings (SSSR count). The van der Waals surface area contributed by atoms with Crippen molar-refractivity contribution in [3.05, 3.63) is 89.5 Å². The number of hydrogen-bond acceptors (Lipinski definition) is 4. The average molecular weight is 437 g/mol. The smallest absolute Gasteiger partial charge is 0.258 e. The maximum Gasteiger partial charge on any atom is 0.258 e. The molecule has 1 heterocycles. The van der Waals surface area contributed by atoms with Gasteiger partial charge in [0, 0.05) is 29.4 Å². The number of carbonyl (C=O) groups excluding carboxylic acids is 1. The summed E-state index contributed by atoms with van der Waals surface area (Å²) in [6.45, 7) is 2.09. The summed E-state index contributed by atoms with van der Waals surface area (Å²) >= 11 is 0. The standard InChI is InChI=1S/C24H24N2O4S/c1-17-14-20-15-21(31(28,29)25-16-19-10-6-7-11-23(19)30-2)12-13-22(20)26(17)24(27)18-8-4-3-5-9-18/h3-13,15,17,25H,14,16H2,1-2H3/t17-/m0/s1. The highest BCUT2D eigenvalue weighted by atomic mass is 32.2. The number of nitrogens with one attached hydrogen (secondary N) is 1. The van der Waals surface area contributed by atoms with Crippen molar-refractivity contribution in [2.45, 2.75) is 30.8 Å². The van der Waals surface area contributed by atoms with E-state index in [2.05, 4.69) is 4.72 Å². The number of nitrogens with zero attached hydrogens (tertiary/aromatic N) is 1. The molecule has 3 aromatic carbocycles. The molecule has 1 amide bonds. The number of methoxy groups -OCH3 is 1. The molecule has 1 N–H and O–H groups in total. The normalized spacial score (nSPS) is 15.5. The molecule has 160 valence electrons. The second-order valence-electron chi connectivity index (χ2n) is 7.52. The molecule has 0 saturated carbocycles. The number of para-hydroxylation sites is 1. The van der Waals surface area contributed by atoms with Crippen molar-refractivity contribution in [1.82, 2.24) is 4.72 Å². The topological polar surface area (TPSA) is 75.7 Å². The lowest BCUT2D eigenvalue weighted by atomic mass is 10.1. The number of ether oxygens (including phenoxy) is 1. The fourth-order valence-electron chi connectivity index (χ4n) is 3.91. The Kier molecular flexibility index (Phi) is 5.80. The monoisotopic (exact) mass is 436 g/mol. The summed E-state index contributed by atoms with van der Waals surface area (Å²) in [6.07, 6.45) is 0.601. The van der Waals surface area contributed by atoms with E-state index in [4.69, 9.17) is 4.74 Å². The Hall–Kier alpha value is -3.16. The molecule has 0 saturated heterocycles. The summed E-state index contributed by atoms with van der Waals surface area (Å²) in [5.41, 5.74) is 2.96. The van der Waals surface area contributed by atoms with E-state index in [0.29, 0.717) is 17.7 Å². The lowest BCUT2D eigenvalue weighted by Gasteiger charge is -2.23. The van der Waals surface area contributed by atoms with Gasteiger partial charge in [0.05, 0.1) is 12.0 Å². The van der Waals surface area contributed by atoms with Crippen LogP contribution in [0.25, 0.3) is 0 Å². The van der Waals surface area contributed by atoms with Crippen LogP contribution in [-0.2, 0) is 23.0 Å². The van der Waals surface area contributed by atoms with Crippen LogP contribution in [0.5, 0.6) is 5.75 Å². The van der Waals surface area contributed by atoms with Gasteiger partial charge in [0.2, 0.25) is 10.0 Å². The first-order valence-electron chi connectivity index (χ1n) is 10.0. The first-order chi connectivity index (χ1) is 14.9. The number of rotatable bonds is 6. The average Bonchev–Trinajstić information content (AvgIpc) is 3.12. The van der Waals surface area contributed by atoms with Crippen molar-refractivity contribution in [3.8, 4) is 5.75 Å². The summed E-state index contributed by atoms with van der Waals surface area (Å²) in [5.74, 6) is 0.541. The second kappa shape index (κ2) is 8.53. The zero-order chi connectivity index (χ0) is 22.0. The minimum Gasteiger partial charge on any atom is -0.496 e. The Balaban J connectivity index is 1.57. The van der Waals surface area contributed by atoms with Crippen LogP contribution in [0.4, 0.5) is 5.69 Å². The number of anilines is 1. The first kappa shape index (κ1) is 21.1. The molecule has 3 aromatic rings. The van der Waals surface area contributed by atoms with Gasteiger partial charge >= 0.3 is 0 Å². The molecule has 0 aliphatic carbocycles. The summed E-state index contributed by atoms with van der Waals surface area (Å²) in [7, 11) is -2.17. The predicted molar refractivity (Wildman–Crippen MR) is 120 cm³/mol. The van der Waals surface area contributed by atoms with Crippen molar-refractivity contribution in [2.75, 3.05) is 12.0 Å². The van der Waals surface area contributed by atoms with Crippen molar-refractivity contribution >= 4 is 21.6 Å². The SMILES string of the molecule is COc1ccccc1CNS(=O)(=O)c1ccc2c(c1)C[C@H](C)N2C(=O)c1ccccc1. The molecular formula is C24H24N2O4S. The zero-order valence-electron chi connectivity index (χ0n) is 17.4. The molecule has 0 unspecified atom stereocenters. The molecule has 0 spiro atoms. The number of carbonyl (C=O) groups is 1. The van der Waals surface area contributed by atoms with Gasteiger partial charge < -0.3 is 9.64 Å². The fourth-order valence-corrected chi connectivity index (χ4v) is 4.97. The quantitative estimate of drug-likeness (QED) is 0.638. The van der Waals surface area contributed by atoms with E-state index in [-0.39, 0.29) is 23.4 Å². The lowest BCUT2D eigenvalue weighted by Crippen LogP contribution is -2.35. The Bertz CT molecular complexity index is 1210. The number of fused-ring (bicyclic) bond motifs is 1. The second-order valence-corrected chi connectivity index (χ2v) is 9.29. The highest BCUT2D eigenvalue weighted by molar-refractivity contribution is 7.89. The molecule has 1 atom stereocenters. The van der Waals surface area contributed by atoms with Gasteiger partial charge in [0.25, 0.3) is 5.91 Å². The highest BCUT2D eigenvalue weighted by Gasteiger charge is 2.32. The Morgan fingerprint density at radius 2 is 1.77 bits per heavy atom. The molecule has 0 fully saturated rings. The van der Waals surface area contributed by atoms with Gasteiger partial charge in [-0.15, -0.1) is 0 Å². The van der Waals surface area contributed by atoms with Gasteiger partial charge in [-0.2, -0.15) is 0 Å². The number of hydrogen-bond donors (Lipinski definition) is 1. The third kappa shape index (κ3) is 4.19. The van der Waals surface area contributed by atoms with E-state index in [0.717, 1.165) is 16.8 Å². The molecule has 0 aromatic heterocycles. The molecule has 0 bridgehead atoms. The van der Waals surface area contributed by atoms with E-state index in [1.54, 1.807) is 48.4 Å². The van der Waals surface area contributed by atoms with Crippen LogP contribution in [0.1, 0.15) is 28.4 Å². The molecule has 1 aliphatic heterocycles. The molecular weight excluding hydrogens is 412 g/mol. The summed E-state index contributed by atoms with van der Waals surface area (Å²) in [4.78, 5) is 14.9. The summed E-state index contributed by atoms with van der Waals surface area (Å²) < 4.78 is 33.7. The van der Waals surface area contributed by atoms with Crippen molar-refractivity contribution in [3.63, 3.8) is 0 Å². The fraction of sp³-hybridized carbons (Fsp3) is 0.208. The van der Waals surface area contributed by atoms with Crippen LogP contribution in [0.3, 0.4) is 0 Å². The van der Waals surface area contributed by atoms with Crippen molar-refractivity contribution in [2.24, 2.45) is 0 Å². The summed E-state index contributed by atoms with van der Waals surface area (Å²) in [5, 5.41) is 0. The van der Waals surface area contributed by atoms with Crippen LogP contribution in [0, 0.1) is 0 Å². The van der Waals surface area contributed by atoms with Crippen molar-refractivity contribution < 1.29 is 17.9 Å². The van der Waals surface area contributed by atoms with E-state index >= 15 is 0 Å². The number of sulfonamides is 1. The minimum atomic E-state index is -3.72. The van der Waals surface area contributed by atoms with E-state index in [9.17, 15) is 13.2 Å². The van der Waals surface area contributed by atoms with Gasteiger partial charge in [-0.3, -0.25) is 4.79 Å². The van der Waals surface area contributed by atoms with Gasteiger partial charge in [-0.25, -0.2) is 13.1 Å². The molecule has 1 aliphatic rings. The number of benzene rings is 3. The lowest BCUT2D eigenvalue weighted by molar-refractivity contribution is 0.0981. The molecule has 31 heavy (non-hydrogen) atoms. The minimum absolute atomic E-state index is 0.0535. The maximum atomic E-state index is 13.0. The van der Waals surface area contributed by atoms with Crippen LogP contribution in [-0.4, -0.2) is 27.5 Å². The molecule has 0 radical (unpaired) electrons. The van der Waals surface area contributed by atoms with Crippen LogP contribution >= 0.6 is 0 Å². The third-order valence-electron chi connectivity index (χ3n) is 5.46. The largest absolute Gasteiger partial charge is 0.496 e. The van der Waals surface area contributed by atoms with Crippen molar-refractivity contribution in [1.29, 1.82) is 0 Å². The van der Waals surface area contributed by atoms with Crippen LogP contribution in [0.2, 0.25) is 0 Å². The van der Waals surface area contributed by atoms with E-state index in [1.807, 2.05) is 43.3 Å². The summed E-state index contributed by atoms with van der Waals surface area (Å²) in [6, 6.07) is 21.3. The molecule has 6 nitrogen and oxygen atoms in total. The Labute approximate surface area is 182 Å². The Morgan fingerprint density at radius 1 is 1.06 bits per heavy atom. The van der Waals surface area contributed by atoms with Gasteiger partial charge in [-0.05, 0) is 55.3 Å². The van der Waals surface area contributed by atoms with E-state index < -0.39 is 10.0 Å². The Morgan fingerprint density at radius 3 is 2.52 bits per heavy atom. The zero-order valence-corrected chi connectivity index (χ0v) is 18.2. The van der Waals surface area contributed by atoms with Gasteiger partial charge in [0.15, 0.2) is 0 Å². The van der Waals surface area contributed by atoms with E-state index in [1.165, 1.54) is 0 Å². The van der Waals surface area contributed by atoms with Gasteiger partial charge in [-0.1, -0.05) is 36.4 Å². The van der Waals surface area contributed by atoms with Crippen LogP contribution in [0.15, 0.2) is 77.7 Å².